The molecule has 0 aliphatic carbocycles. The molecule has 0 bridgehead atoms. The lowest BCUT2D eigenvalue weighted by molar-refractivity contribution is -0.132. The molecule has 0 radical (unpaired) electrons. The molecule has 0 aliphatic rings. The third-order valence-electron chi connectivity index (χ3n) is 2.41. The SMILES string of the molecule is CCc1cc(C=C(C)C(=O)O)ccc1OC. The van der Waals surface area contributed by atoms with Crippen molar-refractivity contribution in [2.45, 2.75) is 20.3 Å². The van der Waals surface area contributed by atoms with Gasteiger partial charge in [-0.25, -0.2) is 4.79 Å². The molecule has 16 heavy (non-hydrogen) atoms. The highest BCUT2D eigenvalue weighted by molar-refractivity contribution is 5.91. The van der Waals surface area contributed by atoms with E-state index >= 15 is 0 Å². The first-order chi connectivity index (χ1) is 7.58. The van der Waals surface area contributed by atoms with Gasteiger partial charge in [0.15, 0.2) is 0 Å². The summed E-state index contributed by atoms with van der Waals surface area (Å²) in [6.07, 6.45) is 2.51. The number of methoxy groups -OCH3 is 1. The van der Waals surface area contributed by atoms with Crippen LogP contribution in [0.4, 0.5) is 0 Å². The number of hydrogen-bond donors (Lipinski definition) is 1. The minimum absolute atomic E-state index is 0.326. The third-order valence-corrected chi connectivity index (χ3v) is 2.41. The van der Waals surface area contributed by atoms with Gasteiger partial charge in [0.25, 0.3) is 0 Å². The van der Waals surface area contributed by atoms with Gasteiger partial charge in [0, 0.05) is 5.57 Å². The maximum atomic E-state index is 10.7. The van der Waals surface area contributed by atoms with E-state index in [4.69, 9.17) is 9.84 Å². The van der Waals surface area contributed by atoms with Crippen LogP contribution in [0.15, 0.2) is 23.8 Å². The Kier molecular flexibility index (Phi) is 4.11. The molecule has 0 spiro atoms. The van der Waals surface area contributed by atoms with E-state index in [2.05, 4.69) is 0 Å². The van der Waals surface area contributed by atoms with Gasteiger partial charge < -0.3 is 9.84 Å². The van der Waals surface area contributed by atoms with Crippen LogP contribution >= 0.6 is 0 Å². The molecule has 0 aromatic heterocycles. The van der Waals surface area contributed by atoms with Crippen LogP contribution in [-0.4, -0.2) is 18.2 Å². The van der Waals surface area contributed by atoms with Crippen molar-refractivity contribution in [3.8, 4) is 5.75 Å². The zero-order valence-corrected chi connectivity index (χ0v) is 9.78. The Labute approximate surface area is 95.4 Å². The van der Waals surface area contributed by atoms with Crippen molar-refractivity contribution in [3.05, 3.63) is 34.9 Å². The molecule has 1 aromatic carbocycles. The second-order valence-corrected chi connectivity index (χ2v) is 3.56. The first-order valence-electron chi connectivity index (χ1n) is 5.17. The Bertz CT molecular complexity index is 419. The standard InChI is InChI=1S/C13H16O3/c1-4-11-8-10(5-6-12(11)16-3)7-9(2)13(14)15/h5-8H,4H2,1-3H3,(H,14,15). The first kappa shape index (κ1) is 12.3. The van der Waals surface area contributed by atoms with Crippen LogP contribution < -0.4 is 4.74 Å². The molecule has 1 N–H and O–H groups in total. The molecule has 3 heteroatoms. The van der Waals surface area contributed by atoms with Crippen molar-refractivity contribution in [2.24, 2.45) is 0 Å². The number of aryl methyl sites for hydroxylation is 1. The van der Waals surface area contributed by atoms with Crippen LogP contribution in [0.1, 0.15) is 25.0 Å². The summed E-state index contributed by atoms with van der Waals surface area (Å²) < 4.78 is 5.21. The van der Waals surface area contributed by atoms with E-state index in [1.807, 2.05) is 25.1 Å². The first-order valence-corrected chi connectivity index (χ1v) is 5.17. The number of hydrogen-bond acceptors (Lipinski definition) is 2. The molecule has 0 saturated heterocycles. The summed E-state index contributed by atoms with van der Waals surface area (Å²) in [5.41, 5.74) is 2.29. The fourth-order valence-electron chi connectivity index (χ4n) is 1.48. The summed E-state index contributed by atoms with van der Waals surface area (Å²) in [6.45, 7) is 3.62. The summed E-state index contributed by atoms with van der Waals surface area (Å²) >= 11 is 0. The molecule has 86 valence electrons. The summed E-state index contributed by atoms with van der Waals surface area (Å²) in [6, 6.07) is 5.66. The highest BCUT2D eigenvalue weighted by Gasteiger charge is 2.03. The van der Waals surface area contributed by atoms with E-state index in [-0.39, 0.29) is 0 Å². The Morgan fingerprint density at radius 2 is 2.19 bits per heavy atom. The number of carboxylic acid groups (broad SMARTS) is 1. The molecule has 0 amide bonds. The Morgan fingerprint density at radius 1 is 1.50 bits per heavy atom. The van der Waals surface area contributed by atoms with Crippen molar-refractivity contribution in [1.29, 1.82) is 0 Å². The van der Waals surface area contributed by atoms with Gasteiger partial charge in [-0.15, -0.1) is 0 Å². The molecule has 1 rings (SSSR count). The monoisotopic (exact) mass is 220 g/mol. The van der Waals surface area contributed by atoms with Gasteiger partial charge in [-0.05, 0) is 42.7 Å². The van der Waals surface area contributed by atoms with Gasteiger partial charge in [-0.2, -0.15) is 0 Å². The average molecular weight is 220 g/mol. The van der Waals surface area contributed by atoms with E-state index in [1.54, 1.807) is 20.1 Å². The normalized spacial score (nSPS) is 11.3. The van der Waals surface area contributed by atoms with Crippen LogP contribution in [-0.2, 0) is 11.2 Å². The molecule has 3 nitrogen and oxygen atoms in total. The lowest BCUT2D eigenvalue weighted by Gasteiger charge is -2.07. The van der Waals surface area contributed by atoms with Gasteiger partial charge in [0.05, 0.1) is 7.11 Å². The zero-order valence-electron chi connectivity index (χ0n) is 9.78. The predicted octanol–water partition coefficient (Wildman–Crippen LogP) is 2.75. The maximum Gasteiger partial charge on any atom is 0.331 e. The number of rotatable bonds is 4. The van der Waals surface area contributed by atoms with E-state index in [9.17, 15) is 4.79 Å². The van der Waals surface area contributed by atoms with Gasteiger partial charge in [-0.3, -0.25) is 0 Å². The number of carbonyl (C=O) groups is 1. The molecular formula is C13H16O3. The Morgan fingerprint density at radius 3 is 2.69 bits per heavy atom. The average Bonchev–Trinajstić information content (AvgIpc) is 2.28. The third kappa shape index (κ3) is 2.86. The predicted molar refractivity (Wildman–Crippen MR) is 63.7 cm³/mol. The van der Waals surface area contributed by atoms with Gasteiger partial charge in [0.1, 0.15) is 5.75 Å². The molecule has 1 aromatic rings. The summed E-state index contributed by atoms with van der Waals surface area (Å²) in [7, 11) is 1.63. The summed E-state index contributed by atoms with van der Waals surface area (Å²) in [5, 5.41) is 8.78. The molecule has 0 atom stereocenters. The van der Waals surface area contributed by atoms with Crippen LogP contribution in [0.25, 0.3) is 6.08 Å². The highest BCUT2D eigenvalue weighted by Crippen LogP contribution is 2.21. The van der Waals surface area contributed by atoms with Crippen molar-refractivity contribution >= 4 is 12.0 Å². The quantitative estimate of drug-likeness (QED) is 0.793. The lowest BCUT2D eigenvalue weighted by Crippen LogP contribution is -1.96. The van der Waals surface area contributed by atoms with E-state index in [0.717, 1.165) is 23.3 Å². The van der Waals surface area contributed by atoms with Crippen LogP contribution in [0.2, 0.25) is 0 Å². The largest absolute Gasteiger partial charge is 0.496 e. The number of carboxylic acids is 1. The van der Waals surface area contributed by atoms with E-state index in [0.29, 0.717) is 5.57 Å². The zero-order chi connectivity index (χ0) is 12.1. The summed E-state index contributed by atoms with van der Waals surface area (Å²) in [4.78, 5) is 10.7. The second kappa shape index (κ2) is 5.35. The lowest BCUT2D eigenvalue weighted by atomic mass is 10.1. The van der Waals surface area contributed by atoms with Crippen LogP contribution in [0, 0.1) is 0 Å². The molecule has 0 fully saturated rings. The van der Waals surface area contributed by atoms with Crippen molar-refractivity contribution in [1.82, 2.24) is 0 Å². The van der Waals surface area contributed by atoms with E-state index in [1.165, 1.54) is 0 Å². The molecule has 0 unspecified atom stereocenters. The highest BCUT2D eigenvalue weighted by atomic mass is 16.5. The Hall–Kier alpha value is -1.77. The minimum atomic E-state index is -0.895. The second-order valence-electron chi connectivity index (χ2n) is 3.56. The van der Waals surface area contributed by atoms with Gasteiger partial charge >= 0.3 is 5.97 Å². The Balaban J connectivity index is 3.09. The van der Waals surface area contributed by atoms with Gasteiger partial charge in [-0.1, -0.05) is 13.0 Å². The molecule has 0 aliphatic heterocycles. The topological polar surface area (TPSA) is 46.5 Å². The molecule has 0 saturated carbocycles. The van der Waals surface area contributed by atoms with Crippen molar-refractivity contribution in [2.75, 3.05) is 7.11 Å². The van der Waals surface area contributed by atoms with Crippen molar-refractivity contribution in [3.63, 3.8) is 0 Å². The van der Waals surface area contributed by atoms with E-state index < -0.39 is 5.97 Å². The molecule has 0 heterocycles. The molecular weight excluding hydrogens is 204 g/mol. The fourth-order valence-corrected chi connectivity index (χ4v) is 1.48. The number of aliphatic carboxylic acids is 1. The fraction of sp³-hybridized carbons (Fsp3) is 0.308. The number of benzene rings is 1. The maximum absolute atomic E-state index is 10.7. The number of ether oxygens (including phenoxy) is 1. The minimum Gasteiger partial charge on any atom is -0.496 e. The summed E-state index contributed by atoms with van der Waals surface area (Å²) in [5.74, 6) is -0.0542. The van der Waals surface area contributed by atoms with Gasteiger partial charge in [0.2, 0.25) is 0 Å². The van der Waals surface area contributed by atoms with Crippen LogP contribution in [0.5, 0.6) is 5.75 Å². The van der Waals surface area contributed by atoms with Crippen molar-refractivity contribution < 1.29 is 14.6 Å². The smallest absolute Gasteiger partial charge is 0.331 e. The van der Waals surface area contributed by atoms with Crippen LogP contribution in [0.3, 0.4) is 0 Å².